The van der Waals surface area contributed by atoms with Gasteiger partial charge in [-0.25, -0.2) is 0 Å². The molecule has 2 aromatic rings. The second-order valence-corrected chi connectivity index (χ2v) is 5.70. The van der Waals surface area contributed by atoms with Gasteiger partial charge in [-0.2, -0.15) is 0 Å². The number of halogens is 2. The fourth-order valence-electron chi connectivity index (χ4n) is 1.86. The van der Waals surface area contributed by atoms with Gasteiger partial charge in [0.05, 0.1) is 0 Å². The van der Waals surface area contributed by atoms with Gasteiger partial charge >= 0.3 is 139 Å². The van der Waals surface area contributed by atoms with Crippen LogP contribution in [0.3, 0.4) is 0 Å². The summed E-state index contributed by atoms with van der Waals surface area (Å²) < 4.78 is 19.8. The molecule has 0 fully saturated rings. The van der Waals surface area contributed by atoms with Crippen LogP contribution in [0.1, 0.15) is 16.1 Å². The Hall–Kier alpha value is -1.91. The molecular formula is C14H11AsClFN2O3. The molecule has 0 saturated heterocycles. The van der Waals surface area contributed by atoms with E-state index in [1.165, 1.54) is 25.3 Å². The van der Waals surface area contributed by atoms with Gasteiger partial charge in [-0.1, -0.05) is 0 Å². The molecule has 0 spiro atoms. The molecule has 1 N–H and O–H groups in total. The molecule has 0 saturated carbocycles. The van der Waals surface area contributed by atoms with E-state index in [1.807, 2.05) is 0 Å². The second-order valence-electron chi connectivity index (χ2n) is 4.15. The van der Waals surface area contributed by atoms with Gasteiger partial charge in [0.25, 0.3) is 0 Å². The molecule has 0 aliphatic heterocycles. The van der Waals surface area contributed by atoms with Crippen molar-refractivity contribution in [2.45, 2.75) is 0 Å². The first-order chi connectivity index (χ1) is 10.4. The number of carboxylic acids is 1. The average Bonchev–Trinajstić information content (AvgIpc) is 2.46. The van der Waals surface area contributed by atoms with E-state index >= 15 is 0 Å². The predicted octanol–water partition coefficient (Wildman–Crippen LogP) is 1.54. The van der Waals surface area contributed by atoms with Crippen molar-refractivity contribution in [3.63, 3.8) is 0 Å². The summed E-state index contributed by atoms with van der Waals surface area (Å²) in [4.78, 5) is 19.4. The molecule has 8 heteroatoms. The van der Waals surface area contributed by atoms with Gasteiger partial charge < -0.3 is 0 Å². The Balaban J connectivity index is 2.74. The van der Waals surface area contributed by atoms with Crippen LogP contribution in [0.15, 0.2) is 18.7 Å². The van der Waals surface area contributed by atoms with Crippen molar-refractivity contribution >= 4 is 45.0 Å². The number of ether oxygens (including phenoxy) is 1. The van der Waals surface area contributed by atoms with Gasteiger partial charge in [-0.3, -0.25) is 0 Å². The number of hydrogen-bond donors (Lipinski definition) is 1. The number of aromatic nitrogens is 2. The van der Waals surface area contributed by atoms with Crippen molar-refractivity contribution in [3.8, 4) is 17.1 Å². The van der Waals surface area contributed by atoms with Gasteiger partial charge in [-0.15, -0.1) is 0 Å². The first kappa shape index (κ1) is 16.5. The van der Waals surface area contributed by atoms with Crippen LogP contribution >= 0.6 is 11.6 Å². The summed E-state index contributed by atoms with van der Waals surface area (Å²) in [6.45, 7) is 3.55. The van der Waals surface area contributed by atoms with E-state index in [0.717, 1.165) is 16.9 Å². The molecule has 1 atom stereocenters. The zero-order valence-corrected chi connectivity index (χ0v) is 14.6. The Bertz CT molecular complexity index is 783. The van der Waals surface area contributed by atoms with Crippen LogP contribution in [0.4, 0.5) is 4.39 Å². The molecule has 1 aromatic carbocycles. The number of methoxy groups -OCH3 is 1. The van der Waals surface area contributed by atoms with E-state index in [0.29, 0.717) is 10.0 Å². The Labute approximate surface area is 139 Å². The van der Waals surface area contributed by atoms with Crippen molar-refractivity contribution in [1.29, 1.82) is 0 Å². The molecule has 1 unspecified atom stereocenters. The molecule has 0 aliphatic rings. The minimum absolute atomic E-state index is 0.0123. The monoisotopic (exact) mass is 384 g/mol. The number of carboxylic acid groups (broad SMARTS) is 1. The Morgan fingerprint density at radius 3 is 2.73 bits per heavy atom. The summed E-state index contributed by atoms with van der Waals surface area (Å²) >= 11 is 6.92. The normalized spacial score (nSPS) is 10.4. The van der Waals surface area contributed by atoms with E-state index in [2.05, 4.69) is 16.5 Å². The Kier molecular flexibility index (Phi) is 4.83. The van der Waals surface area contributed by atoms with Gasteiger partial charge in [-0.05, 0) is 0 Å². The molecule has 114 valence electrons. The fourth-order valence-corrected chi connectivity index (χ4v) is 2.88. The number of hydrogen-bond acceptors (Lipinski definition) is 4. The van der Waals surface area contributed by atoms with Crippen LogP contribution in [-0.2, 0) is 0 Å². The van der Waals surface area contributed by atoms with Crippen LogP contribution in [0.25, 0.3) is 17.5 Å². The molecular weight excluding hydrogens is 374 g/mol. The first-order valence-corrected chi connectivity index (χ1v) is 7.55. The molecule has 1 heterocycles. The number of aromatic carboxylic acids is 1. The van der Waals surface area contributed by atoms with E-state index < -0.39 is 11.8 Å². The maximum atomic E-state index is 14.4. The average molecular weight is 385 g/mol. The SMILES string of the molecule is C=Cc1c([AsH2])nc(-c2ccc(Cl)c(OC)c2F)nc1C(=O)O. The molecule has 0 aliphatic carbocycles. The molecule has 2 rings (SSSR count). The van der Waals surface area contributed by atoms with E-state index in [9.17, 15) is 14.3 Å². The summed E-state index contributed by atoms with van der Waals surface area (Å²) in [5.74, 6) is -2.17. The minimum atomic E-state index is -1.24. The van der Waals surface area contributed by atoms with Crippen molar-refractivity contribution < 1.29 is 19.0 Å². The summed E-state index contributed by atoms with van der Waals surface area (Å²) in [5.41, 5.74) is 0.101. The van der Waals surface area contributed by atoms with E-state index in [1.54, 1.807) is 0 Å². The molecule has 22 heavy (non-hydrogen) atoms. The van der Waals surface area contributed by atoms with Crippen molar-refractivity contribution in [1.82, 2.24) is 9.97 Å². The third-order valence-electron chi connectivity index (χ3n) is 2.88. The van der Waals surface area contributed by atoms with Crippen LogP contribution in [0, 0.1) is 5.82 Å². The second kappa shape index (κ2) is 6.46. The molecule has 5 nitrogen and oxygen atoms in total. The third kappa shape index (κ3) is 2.85. The predicted molar refractivity (Wildman–Crippen MR) is 84.2 cm³/mol. The van der Waals surface area contributed by atoms with Gasteiger partial charge in [0, 0.05) is 0 Å². The number of rotatable bonds is 4. The van der Waals surface area contributed by atoms with Crippen molar-refractivity contribution in [2.24, 2.45) is 0 Å². The summed E-state index contributed by atoms with van der Waals surface area (Å²) in [6.07, 6.45) is 1.36. The molecule has 0 bridgehead atoms. The quantitative estimate of drug-likeness (QED) is 0.810. The van der Waals surface area contributed by atoms with Gasteiger partial charge in [0.1, 0.15) is 0 Å². The van der Waals surface area contributed by atoms with Gasteiger partial charge in [0.2, 0.25) is 0 Å². The number of benzene rings is 1. The fraction of sp³-hybridized carbons (Fsp3) is 0.0714. The zero-order valence-electron chi connectivity index (χ0n) is 11.4. The van der Waals surface area contributed by atoms with E-state index in [4.69, 9.17) is 16.3 Å². The van der Waals surface area contributed by atoms with E-state index in [-0.39, 0.29) is 27.9 Å². The molecule has 1 aromatic heterocycles. The molecule has 0 amide bonds. The topological polar surface area (TPSA) is 72.3 Å². The van der Waals surface area contributed by atoms with Crippen LogP contribution in [0.2, 0.25) is 5.02 Å². The third-order valence-corrected chi connectivity index (χ3v) is 4.10. The zero-order chi connectivity index (χ0) is 16.4. The van der Waals surface area contributed by atoms with Crippen LogP contribution < -0.4 is 9.22 Å². The van der Waals surface area contributed by atoms with Crippen LogP contribution in [0.5, 0.6) is 5.75 Å². The standard InChI is InChI=1S/C14H11AsClFN2O3/c1-3-6-10(14(20)21)18-13(19-12(6)15)7-4-5-8(16)11(22-2)9(7)17/h3-5H,1,15H2,2H3,(H,20,21). The Morgan fingerprint density at radius 1 is 1.50 bits per heavy atom. The number of carbonyl (C=O) groups is 1. The summed E-state index contributed by atoms with van der Waals surface area (Å²) in [5, 5.41) is 9.34. The summed E-state index contributed by atoms with van der Waals surface area (Å²) in [7, 11) is 1.28. The maximum absolute atomic E-state index is 14.4. The van der Waals surface area contributed by atoms with Gasteiger partial charge in [0.15, 0.2) is 0 Å². The number of nitrogens with zero attached hydrogens (tertiary/aromatic N) is 2. The van der Waals surface area contributed by atoms with Crippen molar-refractivity contribution in [2.75, 3.05) is 7.11 Å². The molecule has 0 radical (unpaired) electrons. The summed E-state index contributed by atoms with van der Waals surface area (Å²) in [6, 6.07) is 2.81. The Morgan fingerprint density at radius 2 is 2.18 bits per heavy atom. The van der Waals surface area contributed by atoms with Crippen molar-refractivity contribution in [3.05, 3.63) is 40.8 Å². The first-order valence-electron chi connectivity index (χ1n) is 5.96. The van der Waals surface area contributed by atoms with Crippen LogP contribution in [-0.4, -0.2) is 45.0 Å².